The maximum Gasteiger partial charge on any atom is 0.134 e. The summed E-state index contributed by atoms with van der Waals surface area (Å²) in [7, 11) is 0. The molecule has 0 spiro atoms. The molecule has 19 heavy (non-hydrogen) atoms. The smallest absolute Gasteiger partial charge is 0.134 e. The van der Waals surface area contributed by atoms with E-state index in [2.05, 4.69) is 52.4 Å². The molecule has 3 heteroatoms. The molecule has 1 heterocycles. The van der Waals surface area contributed by atoms with E-state index in [0.29, 0.717) is 0 Å². The normalized spacial score (nSPS) is 12.5. The summed E-state index contributed by atoms with van der Waals surface area (Å²) < 4.78 is 6.94. The molecule has 3 aromatic rings. The first-order valence-corrected chi connectivity index (χ1v) is 7.02. The molecule has 0 bridgehead atoms. The standard InChI is InChI=1S/C16H14BrNO/c1-11(18-14-5-3-2-4-6-14)16-10-12-9-13(17)7-8-15(12)19-16/h2-11,18H,1H3. The first-order valence-electron chi connectivity index (χ1n) is 6.23. The van der Waals surface area contributed by atoms with Gasteiger partial charge in [0.25, 0.3) is 0 Å². The first kappa shape index (κ1) is 12.3. The zero-order valence-electron chi connectivity index (χ0n) is 10.6. The highest BCUT2D eigenvalue weighted by Crippen LogP contribution is 2.28. The summed E-state index contributed by atoms with van der Waals surface area (Å²) in [5, 5.41) is 4.55. The third-order valence-electron chi connectivity index (χ3n) is 3.08. The topological polar surface area (TPSA) is 25.2 Å². The molecule has 96 valence electrons. The number of halogens is 1. The lowest BCUT2D eigenvalue weighted by Gasteiger charge is -2.12. The number of furan rings is 1. The summed E-state index contributed by atoms with van der Waals surface area (Å²) in [4.78, 5) is 0. The van der Waals surface area contributed by atoms with Crippen molar-refractivity contribution in [1.82, 2.24) is 0 Å². The Morgan fingerprint density at radius 1 is 1.05 bits per heavy atom. The van der Waals surface area contributed by atoms with Crippen LogP contribution in [-0.4, -0.2) is 0 Å². The molecule has 0 aliphatic carbocycles. The average Bonchev–Trinajstić information content (AvgIpc) is 2.83. The molecule has 0 saturated heterocycles. The van der Waals surface area contributed by atoms with Crippen LogP contribution in [0.3, 0.4) is 0 Å². The molecule has 2 aromatic carbocycles. The summed E-state index contributed by atoms with van der Waals surface area (Å²) >= 11 is 3.48. The lowest BCUT2D eigenvalue weighted by Crippen LogP contribution is -2.04. The quantitative estimate of drug-likeness (QED) is 0.703. The lowest BCUT2D eigenvalue weighted by molar-refractivity contribution is 0.526. The van der Waals surface area contributed by atoms with Crippen molar-refractivity contribution < 1.29 is 4.42 Å². The molecule has 1 unspecified atom stereocenters. The molecule has 0 fully saturated rings. The van der Waals surface area contributed by atoms with E-state index >= 15 is 0 Å². The van der Waals surface area contributed by atoms with Crippen molar-refractivity contribution in [3.05, 3.63) is 64.8 Å². The predicted octanol–water partition coefficient (Wildman–Crippen LogP) is 5.37. The second-order valence-electron chi connectivity index (χ2n) is 4.56. The largest absolute Gasteiger partial charge is 0.459 e. The van der Waals surface area contributed by atoms with Gasteiger partial charge in [0.1, 0.15) is 11.3 Å². The zero-order chi connectivity index (χ0) is 13.2. The van der Waals surface area contributed by atoms with Gasteiger partial charge in [-0.15, -0.1) is 0 Å². The Morgan fingerprint density at radius 2 is 1.84 bits per heavy atom. The summed E-state index contributed by atoms with van der Waals surface area (Å²) in [5.41, 5.74) is 2.01. The van der Waals surface area contributed by atoms with E-state index in [1.165, 1.54) is 0 Å². The van der Waals surface area contributed by atoms with Gasteiger partial charge in [0.2, 0.25) is 0 Å². The van der Waals surface area contributed by atoms with Crippen molar-refractivity contribution in [1.29, 1.82) is 0 Å². The molecule has 3 rings (SSSR count). The Kier molecular flexibility index (Phi) is 3.30. The minimum atomic E-state index is 0.133. The van der Waals surface area contributed by atoms with Gasteiger partial charge in [0.05, 0.1) is 6.04 Å². The summed E-state index contributed by atoms with van der Waals surface area (Å²) in [5.74, 6) is 0.942. The van der Waals surface area contributed by atoms with Crippen LogP contribution in [0, 0.1) is 0 Å². The van der Waals surface area contributed by atoms with Gasteiger partial charge in [0, 0.05) is 15.5 Å². The molecule has 1 N–H and O–H groups in total. The van der Waals surface area contributed by atoms with Crippen LogP contribution in [0.2, 0.25) is 0 Å². The van der Waals surface area contributed by atoms with E-state index in [1.807, 2.05) is 30.3 Å². The number of hydrogen-bond acceptors (Lipinski definition) is 2. The molecular weight excluding hydrogens is 302 g/mol. The number of fused-ring (bicyclic) bond motifs is 1. The fourth-order valence-corrected chi connectivity index (χ4v) is 2.48. The molecule has 2 nitrogen and oxygen atoms in total. The second-order valence-corrected chi connectivity index (χ2v) is 5.48. The number of nitrogens with one attached hydrogen (secondary N) is 1. The lowest BCUT2D eigenvalue weighted by atomic mass is 10.2. The van der Waals surface area contributed by atoms with E-state index in [1.54, 1.807) is 0 Å². The Labute approximate surface area is 120 Å². The highest BCUT2D eigenvalue weighted by molar-refractivity contribution is 9.10. The fourth-order valence-electron chi connectivity index (χ4n) is 2.10. The Morgan fingerprint density at radius 3 is 2.63 bits per heavy atom. The highest BCUT2D eigenvalue weighted by atomic mass is 79.9. The van der Waals surface area contributed by atoms with E-state index < -0.39 is 0 Å². The Bertz CT molecular complexity index is 690. The number of benzene rings is 2. The summed E-state index contributed by atoms with van der Waals surface area (Å²) in [6, 6.07) is 18.4. The van der Waals surface area contributed by atoms with Crippen LogP contribution in [0.15, 0.2) is 63.5 Å². The Balaban J connectivity index is 1.87. The molecular formula is C16H14BrNO. The SMILES string of the molecule is CC(Nc1ccccc1)c1cc2cc(Br)ccc2o1. The van der Waals surface area contributed by atoms with Crippen LogP contribution in [0.25, 0.3) is 11.0 Å². The number of rotatable bonds is 3. The van der Waals surface area contributed by atoms with Crippen molar-refractivity contribution in [3.8, 4) is 0 Å². The monoisotopic (exact) mass is 315 g/mol. The van der Waals surface area contributed by atoms with E-state index in [-0.39, 0.29) is 6.04 Å². The minimum Gasteiger partial charge on any atom is -0.459 e. The van der Waals surface area contributed by atoms with Gasteiger partial charge in [-0.3, -0.25) is 0 Å². The molecule has 0 amide bonds. The number of anilines is 1. The zero-order valence-corrected chi connectivity index (χ0v) is 12.1. The van der Waals surface area contributed by atoms with Crippen LogP contribution in [-0.2, 0) is 0 Å². The molecule has 0 saturated carbocycles. The predicted molar refractivity (Wildman–Crippen MR) is 82.4 cm³/mol. The molecule has 1 atom stereocenters. The third-order valence-corrected chi connectivity index (χ3v) is 3.57. The maximum absolute atomic E-state index is 5.87. The number of hydrogen-bond donors (Lipinski definition) is 1. The highest BCUT2D eigenvalue weighted by Gasteiger charge is 2.11. The van der Waals surface area contributed by atoms with Gasteiger partial charge in [-0.2, -0.15) is 0 Å². The maximum atomic E-state index is 5.87. The van der Waals surface area contributed by atoms with Crippen LogP contribution >= 0.6 is 15.9 Å². The molecule has 0 aliphatic rings. The van der Waals surface area contributed by atoms with Crippen LogP contribution < -0.4 is 5.32 Å². The molecule has 1 aromatic heterocycles. The van der Waals surface area contributed by atoms with E-state index in [9.17, 15) is 0 Å². The van der Waals surface area contributed by atoms with Gasteiger partial charge < -0.3 is 9.73 Å². The van der Waals surface area contributed by atoms with E-state index in [4.69, 9.17) is 4.42 Å². The van der Waals surface area contributed by atoms with Gasteiger partial charge >= 0.3 is 0 Å². The van der Waals surface area contributed by atoms with Crippen LogP contribution in [0.1, 0.15) is 18.7 Å². The summed E-state index contributed by atoms with van der Waals surface area (Å²) in [6.07, 6.45) is 0. The van der Waals surface area contributed by atoms with Gasteiger partial charge in [-0.05, 0) is 43.3 Å². The molecule has 0 aliphatic heterocycles. The van der Waals surface area contributed by atoms with Crippen molar-refractivity contribution in [3.63, 3.8) is 0 Å². The van der Waals surface area contributed by atoms with Crippen molar-refractivity contribution >= 4 is 32.6 Å². The van der Waals surface area contributed by atoms with Gasteiger partial charge in [-0.1, -0.05) is 34.1 Å². The van der Waals surface area contributed by atoms with Crippen molar-refractivity contribution in [2.24, 2.45) is 0 Å². The minimum absolute atomic E-state index is 0.133. The van der Waals surface area contributed by atoms with Crippen molar-refractivity contribution in [2.45, 2.75) is 13.0 Å². The first-order chi connectivity index (χ1) is 9.22. The fraction of sp³-hybridized carbons (Fsp3) is 0.125. The number of para-hydroxylation sites is 1. The molecule has 0 radical (unpaired) electrons. The van der Waals surface area contributed by atoms with E-state index in [0.717, 1.165) is 26.9 Å². The van der Waals surface area contributed by atoms with Crippen LogP contribution in [0.5, 0.6) is 0 Å². The third kappa shape index (κ3) is 2.66. The Hall–Kier alpha value is -1.74. The van der Waals surface area contributed by atoms with Gasteiger partial charge in [0.15, 0.2) is 0 Å². The van der Waals surface area contributed by atoms with Gasteiger partial charge in [-0.25, -0.2) is 0 Å². The summed E-state index contributed by atoms with van der Waals surface area (Å²) in [6.45, 7) is 2.10. The van der Waals surface area contributed by atoms with Crippen LogP contribution in [0.4, 0.5) is 5.69 Å². The van der Waals surface area contributed by atoms with Crippen molar-refractivity contribution in [2.75, 3.05) is 5.32 Å². The second kappa shape index (κ2) is 5.10. The average molecular weight is 316 g/mol.